The molecule has 0 rings (SSSR count). The van der Waals surface area contributed by atoms with Crippen molar-refractivity contribution in [3.8, 4) is 11.8 Å². The number of allylic oxidation sites excluding steroid dienone is 2. The Kier molecular flexibility index (Phi) is 6.62. The number of hydrogen-bond acceptors (Lipinski definition) is 1. The fourth-order valence-corrected chi connectivity index (χ4v) is 0.752. The fourth-order valence-electron chi connectivity index (χ4n) is 0.752. The Morgan fingerprint density at radius 3 is 2.64 bits per heavy atom. The molecular formula is C10H17N. The van der Waals surface area contributed by atoms with Crippen LogP contribution in [0.2, 0.25) is 0 Å². The van der Waals surface area contributed by atoms with Crippen LogP contribution < -0.4 is 5.32 Å². The van der Waals surface area contributed by atoms with E-state index in [1.165, 1.54) is 5.70 Å². The standard InChI is InChI=1S/C10H17N/c1-4-6-7-8-9-10(3)11-5-2/h9,11H,4-5,8H2,1-3H3/b10-9-. The van der Waals surface area contributed by atoms with Gasteiger partial charge in [-0.1, -0.05) is 18.9 Å². The Labute approximate surface area is 69.9 Å². The average Bonchev–Trinajstić information content (AvgIpc) is 1.99. The number of hydrogen-bond donors (Lipinski definition) is 1. The third-order valence-corrected chi connectivity index (χ3v) is 1.27. The van der Waals surface area contributed by atoms with Gasteiger partial charge >= 0.3 is 0 Å². The molecule has 62 valence electrons. The molecule has 0 aromatic rings. The van der Waals surface area contributed by atoms with Gasteiger partial charge in [0, 0.05) is 25.1 Å². The third-order valence-electron chi connectivity index (χ3n) is 1.27. The maximum atomic E-state index is 3.22. The second-order valence-electron chi connectivity index (χ2n) is 2.33. The smallest absolute Gasteiger partial charge is 0.0289 e. The molecule has 0 spiro atoms. The Morgan fingerprint density at radius 1 is 1.36 bits per heavy atom. The highest BCUT2D eigenvalue weighted by atomic mass is 14.8. The van der Waals surface area contributed by atoms with E-state index in [2.05, 4.69) is 44.0 Å². The van der Waals surface area contributed by atoms with E-state index in [1.807, 2.05) is 0 Å². The van der Waals surface area contributed by atoms with Gasteiger partial charge in [0.1, 0.15) is 0 Å². The Hall–Kier alpha value is -0.900. The number of nitrogens with one attached hydrogen (secondary N) is 1. The summed E-state index contributed by atoms with van der Waals surface area (Å²) in [6.07, 6.45) is 3.94. The second-order valence-corrected chi connectivity index (χ2v) is 2.33. The van der Waals surface area contributed by atoms with Crippen molar-refractivity contribution in [2.45, 2.75) is 33.6 Å². The summed E-state index contributed by atoms with van der Waals surface area (Å²) in [5.41, 5.74) is 1.22. The molecule has 0 unspecified atom stereocenters. The summed E-state index contributed by atoms with van der Waals surface area (Å²) >= 11 is 0. The van der Waals surface area contributed by atoms with Gasteiger partial charge in [-0.25, -0.2) is 0 Å². The molecule has 0 aliphatic rings. The van der Waals surface area contributed by atoms with Gasteiger partial charge < -0.3 is 5.32 Å². The normalized spacial score (nSPS) is 10.3. The van der Waals surface area contributed by atoms with Crippen LogP contribution in [0.25, 0.3) is 0 Å². The highest BCUT2D eigenvalue weighted by molar-refractivity contribution is 5.07. The quantitative estimate of drug-likeness (QED) is 0.610. The van der Waals surface area contributed by atoms with Crippen LogP contribution in [0.15, 0.2) is 11.8 Å². The molecule has 11 heavy (non-hydrogen) atoms. The Bertz CT molecular complexity index is 169. The molecule has 0 atom stereocenters. The largest absolute Gasteiger partial charge is 0.389 e. The van der Waals surface area contributed by atoms with Gasteiger partial charge in [0.05, 0.1) is 0 Å². The summed E-state index contributed by atoms with van der Waals surface area (Å²) in [6.45, 7) is 7.21. The van der Waals surface area contributed by atoms with E-state index in [0.717, 1.165) is 19.4 Å². The zero-order valence-corrected chi connectivity index (χ0v) is 7.70. The second kappa shape index (κ2) is 7.21. The van der Waals surface area contributed by atoms with Crippen LogP contribution in [0.1, 0.15) is 33.6 Å². The minimum absolute atomic E-state index is 0.868. The van der Waals surface area contributed by atoms with Gasteiger partial charge in [0.15, 0.2) is 0 Å². The zero-order valence-electron chi connectivity index (χ0n) is 7.70. The maximum Gasteiger partial charge on any atom is 0.0289 e. The zero-order chi connectivity index (χ0) is 8.53. The van der Waals surface area contributed by atoms with E-state index in [9.17, 15) is 0 Å². The predicted molar refractivity (Wildman–Crippen MR) is 50.1 cm³/mol. The first-order valence-corrected chi connectivity index (χ1v) is 4.17. The van der Waals surface area contributed by atoms with E-state index in [0.29, 0.717) is 0 Å². The molecule has 1 N–H and O–H groups in total. The lowest BCUT2D eigenvalue weighted by atomic mass is 10.3. The van der Waals surface area contributed by atoms with Crippen molar-refractivity contribution in [3.05, 3.63) is 11.8 Å². The van der Waals surface area contributed by atoms with Crippen molar-refractivity contribution in [2.75, 3.05) is 6.54 Å². The van der Waals surface area contributed by atoms with Crippen LogP contribution in [0, 0.1) is 11.8 Å². The molecular weight excluding hydrogens is 134 g/mol. The first-order chi connectivity index (χ1) is 5.31. The van der Waals surface area contributed by atoms with Crippen LogP contribution in [0.4, 0.5) is 0 Å². The lowest BCUT2D eigenvalue weighted by Crippen LogP contribution is -2.08. The van der Waals surface area contributed by atoms with Gasteiger partial charge in [-0.05, 0) is 13.8 Å². The van der Waals surface area contributed by atoms with E-state index < -0.39 is 0 Å². The van der Waals surface area contributed by atoms with E-state index in [-0.39, 0.29) is 0 Å². The fraction of sp³-hybridized carbons (Fsp3) is 0.600. The number of rotatable bonds is 3. The molecule has 0 saturated carbocycles. The molecule has 0 aliphatic carbocycles. The summed E-state index contributed by atoms with van der Waals surface area (Å²) in [4.78, 5) is 0. The van der Waals surface area contributed by atoms with Crippen molar-refractivity contribution in [1.82, 2.24) is 5.32 Å². The van der Waals surface area contributed by atoms with Crippen molar-refractivity contribution in [2.24, 2.45) is 0 Å². The van der Waals surface area contributed by atoms with Crippen LogP contribution in [-0.2, 0) is 0 Å². The van der Waals surface area contributed by atoms with Gasteiger partial charge in [0.25, 0.3) is 0 Å². The molecule has 0 aromatic heterocycles. The highest BCUT2D eigenvalue weighted by Crippen LogP contribution is 1.88. The summed E-state index contributed by atoms with van der Waals surface area (Å²) < 4.78 is 0. The first-order valence-electron chi connectivity index (χ1n) is 4.17. The van der Waals surface area contributed by atoms with Gasteiger partial charge in [0.2, 0.25) is 0 Å². The van der Waals surface area contributed by atoms with E-state index in [4.69, 9.17) is 0 Å². The predicted octanol–water partition coefficient (Wildman–Crippen LogP) is 2.30. The van der Waals surface area contributed by atoms with Gasteiger partial charge in [-0.15, -0.1) is 5.92 Å². The summed E-state index contributed by atoms with van der Waals surface area (Å²) in [7, 11) is 0. The van der Waals surface area contributed by atoms with E-state index >= 15 is 0 Å². The maximum absolute atomic E-state index is 3.22. The summed E-state index contributed by atoms with van der Waals surface area (Å²) in [5, 5.41) is 3.22. The van der Waals surface area contributed by atoms with Crippen LogP contribution in [0.3, 0.4) is 0 Å². The minimum atomic E-state index is 0.868. The molecule has 0 aliphatic heterocycles. The first kappa shape index (κ1) is 10.1. The highest BCUT2D eigenvalue weighted by Gasteiger charge is 1.80. The minimum Gasteiger partial charge on any atom is -0.389 e. The molecule has 0 fully saturated rings. The molecule has 0 amide bonds. The summed E-state index contributed by atoms with van der Waals surface area (Å²) in [6, 6.07) is 0. The molecule has 1 heteroatoms. The van der Waals surface area contributed by atoms with Crippen molar-refractivity contribution < 1.29 is 0 Å². The summed E-state index contributed by atoms with van der Waals surface area (Å²) in [5.74, 6) is 6.08. The molecule has 0 aromatic carbocycles. The Morgan fingerprint density at radius 2 is 2.09 bits per heavy atom. The Balaban J connectivity index is 3.55. The molecule has 1 nitrogen and oxygen atoms in total. The van der Waals surface area contributed by atoms with Crippen molar-refractivity contribution in [3.63, 3.8) is 0 Å². The van der Waals surface area contributed by atoms with Crippen LogP contribution in [0.5, 0.6) is 0 Å². The monoisotopic (exact) mass is 151 g/mol. The van der Waals surface area contributed by atoms with Crippen molar-refractivity contribution >= 4 is 0 Å². The lowest BCUT2D eigenvalue weighted by molar-refractivity contribution is 0.849. The SMILES string of the molecule is CCC#CC/C=C(/C)NCC. The van der Waals surface area contributed by atoms with Crippen molar-refractivity contribution in [1.29, 1.82) is 0 Å². The topological polar surface area (TPSA) is 12.0 Å². The van der Waals surface area contributed by atoms with E-state index in [1.54, 1.807) is 0 Å². The molecule has 0 saturated heterocycles. The van der Waals surface area contributed by atoms with Crippen LogP contribution >= 0.6 is 0 Å². The molecule has 0 bridgehead atoms. The van der Waals surface area contributed by atoms with Gasteiger partial charge in [-0.2, -0.15) is 0 Å². The average molecular weight is 151 g/mol. The molecule has 0 radical (unpaired) electrons. The van der Waals surface area contributed by atoms with Gasteiger partial charge in [-0.3, -0.25) is 0 Å². The third kappa shape index (κ3) is 6.99. The van der Waals surface area contributed by atoms with Crippen LogP contribution in [-0.4, -0.2) is 6.54 Å². The lowest BCUT2D eigenvalue weighted by Gasteiger charge is -1.99. The molecule has 0 heterocycles.